The number of hydrogen-bond acceptors (Lipinski definition) is 2. The number of benzene rings is 1. The van der Waals surface area contributed by atoms with Crippen LogP contribution >= 0.6 is 17.0 Å². The van der Waals surface area contributed by atoms with Crippen LogP contribution in [0.5, 0.6) is 0 Å². The summed E-state index contributed by atoms with van der Waals surface area (Å²) in [5, 5.41) is 0. The summed E-state index contributed by atoms with van der Waals surface area (Å²) in [5.41, 5.74) is 2.19. The fourth-order valence-corrected chi connectivity index (χ4v) is 0.945. The molecule has 0 bridgehead atoms. The molecule has 0 atom stereocenters. The fourth-order valence-electron chi connectivity index (χ4n) is 0.945. The highest BCUT2D eigenvalue weighted by Crippen LogP contribution is 2.04. The van der Waals surface area contributed by atoms with E-state index in [2.05, 4.69) is 4.74 Å². The molecular formula is C10H13BrO2. The molecule has 0 heterocycles. The Hall–Kier alpha value is -0.830. The third-order valence-corrected chi connectivity index (χ3v) is 1.70. The molecule has 0 amide bonds. The number of aryl methyl sites for hydroxylation is 1. The molecule has 0 aliphatic carbocycles. The number of ether oxygens (including phenoxy) is 1. The average molecular weight is 245 g/mol. The van der Waals surface area contributed by atoms with Crippen LogP contribution in [0.4, 0.5) is 0 Å². The summed E-state index contributed by atoms with van der Waals surface area (Å²) in [4.78, 5) is 10.8. The van der Waals surface area contributed by atoms with Crippen molar-refractivity contribution in [3.8, 4) is 0 Å². The van der Waals surface area contributed by atoms with E-state index >= 15 is 0 Å². The molecule has 2 nitrogen and oxygen atoms in total. The SMILES string of the molecule is Br.COC(=O)Cc1ccc(C)cc1. The number of rotatable bonds is 2. The topological polar surface area (TPSA) is 26.3 Å². The van der Waals surface area contributed by atoms with Gasteiger partial charge < -0.3 is 4.74 Å². The zero-order valence-electron chi connectivity index (χ0n) is 7.74. The molecule has 0 saturated heterocycles. The van der Waals surface area contributed by atoms with E-state index < -0.39 is 0 Å². The van der Waals surface area contributed by atoms with Crippen molar-refractivity contribution in [3.05, 3.63) is 35.4 Å². The first-order chi connectivity index (χ1) is 5.72. The largest absolute Gasteiger partial charge is 0.469 e. The summed E-state index contributed by atoms with van der Waals surface area (Å²) in [6.45, 7) is 2.02. The summed E-state index contributed by atoms with van der Waals surface area (Å²) in [5.74, 6) is -0.196. The van der Waals surface area contributed by atoms with E-state index in [-0.39, 0.29) is 23.0 Å². The third kappa shape index (κ3) is 4.08. The molecule has 0 aliphatic heterocycles. The van der Waals surface area contributed by atoms with Crippen LogP contribution < -0.4 is 0 Å². The molecule has 0 radical (unpaired) electrons. The fraction of sp³-hybridized carbons (Fsp3) is 0.300. The summed E-state index contributed by atoms with van der Waals surface area (Å²) in [7, 11) is 1.40. The minimum absolute atomic E-state index is 0. The zero-order valence-corrected chi connectivity index (χ0v) is 9.45. The summed E-state index contributed by atoms with van der Waals surface area (Å²) >= 11 is 0. The summed E-state index contributed by atoms with van der Waals surface area (Å²) in [6.07, 6.45) is 0.358. The van der Waals surface area contributed by atoms with E-state index in [4.69, 9.17) is 0 Å². The van der Waals surface area contributed by atoms with Crippen LogP contribution in [0.1, 0.15) is 11.1 Å². The van der Waals surface area contributed by atoms with Crippen molar-refractivity contribution in [2.75, 3.05) is 7.11 Å². The second kappa shape index (κ2) is 5.75. The number of carbonyl (C=O) groups excluding carboxylic acids is 1. The van der Waals surface area contributed by atoms with Gasteiger partial charge in [-0.05, 0) is 12.5 Å². The van der Waals surface area contributed by atoms with Crippen LogP contribution in [0.25, 0.3) is 0 Å². The van der Waals surface area contributed by atoms with Crippen molar-refractivity contribution in [3.63, 3.8) is 0 Å². The molecule has 0 saturated carbocycles. The second-order valence-corrected chi connectivity index (χ2v) is 2.74. The molecule has 0 unspecified atom stereocenters. The normalized spacial score (nSPS) is 8.77. The number of esters is 1. The number of halogens is 1. The monoisotopic (exact) mass is 244 g/mol. The molecule has 13 heavy (non-hydrogen) atoms. The van der Waals surface area contributed by atoms with Gasteiger partial charge in [-0.15, -0.1) is 17.0 Å². The first-order valence-electron chi connectivity index (χ1n) is 3.84. The number of carbonyl (C=O) groups is 1. The highest BCUT2D eigenvalue weighted by molar-refractivity contribution is 8.93. The lowest BCUT2D eigenvalue weighted by Gasteiger charge is -1.99. The lowest BCUT2D eigenvalue weighted by molar-refractivity contribution is -0.139. The van der Waals surface area contributed by atoms with Crippen LogP contribution in [-0.2, 0) is 16.0 Å². The molecular weight excluding hydrogens is 232 g/mol. The molecule has 0 aromatic heterocycles. The van der Waals surface area contributed by atoms with Crippen molar-refractivity contribution >= 4 is 23.0 Å². The Morgan fingerprint density at radius 2 is 1.85 bits per heavy atom. The van der Waals surface area contributed by atoms with Crippen LogP contribution in [-0.4, -0.2) is 13.1 Å². The summed E-state index contributed by atoms with van der Waals surface area (Å²) < 4.78 is 4.55. The van der Waals surface area contributed by atoms with Crippen molar-refractivity contribution in [1.29, 1.82) is 0 Å². The van der Waals surface area contributed by atoms with Crippen molar-refractivity contribution < 1.29 is 9.53 Å². The highest BCUT2D eigenvalue weighted by atomic mass is 79.9. The summed E-state index contributed by atoms with van der Waals surface area (Å²) in [6, 6.07) is 7.84. The average Bonchev–Trinajstić information content (AvgIpc) is 2.09. The maximum atomic E-state index is 10.8. The molecule has 72 valence electrons. The van der Waals surface area contributed by atoms with Gasteiger partial charge in [0.1, 0.15) is 0 Å². The van der Waals surface area contributed by atoms with Gasteiger partial charge in [-0.2, -0.15) is 0 Å². The quantitative estimate of drug-likeness (QED) is 0.747. The zero-order chi connectivity index (χ0) is 8.97. The van der Waals surface area contributed by atoms with Gasteiger partial charge in [-0.3, -0.25) is 4.79 Å². The predicted octanol–water partition coefficient (Wildman–Crippen LogP) is 2.29. The van der Waals surface area contributed by atoms with Gasteiger partial charge in [-0.25, -0.2) is 0 Å². The van der Waals surface area contributed by atoms with Gasteiger partial charge in [0.05, 0.1) is 13.5 Å². The van der Waals surface area contributed by atoms with E-state index in [1.807, 2.05) is 31.2 Å². The smallest absolute Gasteiger partial charge is 0.309 e. The third-order valence-electron chi connectivity index (χ3n) is 1.70. The predicted molar refractivity (Wildman–Crippen MR) is 57.2 cm³/mol. The Bertz CT molecular complexity index is 267. The lowest BCUT2D eigenvalue weighted by Crippen LogP contribution is -2.03. The Kier molecular flexibility index (Phi) is 5.39. The number of hydrogen-bond donors (Lipinski definition) is 0. The van der Waals surface area contributed by atoms with Gasteiger partial charge >= 0.3 is 5.97 Å². The second-order valence-electron chi connectivity index (χ2n) is 2.74. The van der Waals surface area contributed by atoms with Crippen molar-refractivity contribution in [2.45, 2.75) is 13.3 Å². The van der Waals surface area contributed by atoms with Crippen molar-refractivity contribution in [2.24, 2.45) is 0 Å². The molecule has 0 aliphatic rings. The first kappa shape index (κ1) is 12.2. The number of methoxy groups -OCH3 is 1. The van der Waals surface area contributed by atoms with Gasteiger partial charge in [0.15, 0.2) is 0 Å². The van der Waals surface area contributed by atoms with E-state index in [1.54, 1.807) is 0 Å². The molecule has 0 fully saturated rings. The maximum absolute atomic E-state index is 10.8. The van der Waals surface area contributed by atoms with Crippen molar-refractivity contribution in [1.82, 2.24) is 0 Å². The lowest BCUT2D eigenvalue weighted by atomic mass is 10.1. The Labute approximate surface area is 88.7 Å². The minimum Gasteiger partial charge on any atom is -0.469 e. The van der Waals surface area contributed by atoms with Gasteiger partial charge in [-0.1, -0.05) is 29.8 Å². The molecule has 3 heteroatoms. The Morgan fingerprint density at radius 1 is 1.31 bits per heavy atom. The van der Waals surface area contributed by atoms with E-state index in [1.165, 1.54) is 12.7 Å². The van der Waals surface area contributed by atoms with Crippen LogP contribution in [0, 0.1) is 6.92 Å². The van der Waals surface area contributed by atoms with Crippen LogP contribution in [0.15, 0.2) is 24.3 Å². The molecule has 1 aromatic rings. The van der Waals surface area contributed by atoms with Crippen LogP contribution in [0.2, 0.25) is 0 Å². The van der Waals surface area contributed by atoms with E-state index in [0.29, 0.717) is 6.42 Å². The van der Waals surface area contributed by atoms with Gasteiger partial charge in [0.2, 0.25) is 0 Å². The standard InChI is InChI=1S/C10H12O2.BrH/c1-8-3-5-9(6-4-8)7-10(11)12-2;/h3-6H,7H2,1-2H3;1H. The van der Waals surface area contributed by atoms with Crippen LogP contribution in [0.3, 0.4) is 0 Å². The Balaban J connectivity index is 0.00000144. The molecule has 1 rings (SSSR count). The highest BCUT2D eigenvalue weighted by Gasteiger charge is 2.00. The Morgan fingerprint density at radius 3 is 2.31 bits per heavy atom. The maximum Gasteiger partial charge on any atom is 0.309 e. The first-order valence-corrected chi connectivity index (χ1v) is 3.84. The van der Waals surface area contributed by atoms with E-state index in [0.717, 1.165) is 5.56 Å². The molecule has 0 spiro atoms. The molecule has 0 N–H and O–H groups in total. The van der Waals surface area contributed by atoms with Gasteiger partial charge in [0, 0.05) is 0 Å². The van der Waals surface area contributed by atoms with E-state index in [9.17, 15) is 4.79 Å². The minimum atomic E-state index is -0.196. The molecule has 1 aromatic carbocycles. The van der Waals surface area contributed by atoms with Gasteiger partial charge in [0.25, 0.3) is 0 Å².